The zero-order valence-electron chi connectivity index (χ0n) is 26.0. The molecule has 0 radical (unpaired) electrons. The fraction of sp³-hybridized carbons (Fsp3) is 0.278. The maximum atomic E-state index is 14.6. The van der Waals surface area contributed by atoms with E-state index in [2.05, 4.69) is 5.32 Å². The molecule has 4 aromatic rings. The van der Waals surface area contributed by atoms with Crippen LogP contribution in [0, 0.1) is 10.1 Å². The second kappa shape index (κ2) is 15.5. The molecule has 2 amide bonds. The van der Waals surface area contributed by atoms with Crippen LogP contribution in [-0.2, 0) is 32.6 Å². The van der Waals surface area contributed by atoms with Gasteiger partial charge in [0.2, 0.25) is 11.8 Å². The van der Waals surface area contributed by atoms with Crippen LogP contribution in [0.1, 0.15) is 43.2 Å². The lowest BCUT2D eigenvalue weighted by atomic mass is 9.94. The number of sulfonamides is 1. The van der Waals surface area contributed by atoms with Gasteiger partial charge in [0.1, 0.15) is 12.6 Å². The Labute approximate surface area is 275 Å². The van der Waals surface area contributed by atoms with Gasteiger partial charge in [-0.1, -0.05) is 104 Å². The van der Waals surface area contributed by atoms with Gasteiger partial charge in [-0.05, 0) is 42.2 Å². The fourth-order valence-electron chi connectivity index (χ4n) is 5.89. The first-order valence-corrected chi connectivity index (χ1v) is 17.2. The van der Waals surface area contributed by atoms with Crippen LogP contribution < -0.4 is 9.62 Å². The highest BCUT2D eigenvalue weighted by Crippen LogP contribution is 2.28. The van der Waals surface area contributed by atoms with E-state index in [-0.39, 0.29) is 41.2 Å². The first kappa shape index (κ1) is 33.3. The predicted molar refractivity (Wildman–Crippen MR) is 180 cm³/mol. The van der Waals surface area contributed by atoms with Gasteiger partial charge in [-0.25, -0.2) is 8.42 Å². The van der Waals surface area contributed by atoms with E-state index in [4.69, 9.17) is 0 Å². The number of carbonyl (C=O) groups excluding carboxylic acids is 2. The van der Waals surface area contributed by atoms with Crippen molar-refractivity contribution in [2.75, 3.05) is 10.8 Å². The van der Waals surface area contributed by atoms with Crippen molar-refractivity contribution in [1.82, 2.24) is 10.2 Å². The molecule has 1 fully saturated rings. The highest BCUT2D eigenvalue weighted by Gasteiger charge is 2.35. The van der Waals surface area contributed by atoms with E-state index in [0.29, 0.717) is 0 Å². The normalized spacial score (nSPS) is 14.1. The van der Waals surface area contributed by atoms with Crippen LogP contribution in [0.5, 0.6) is 0 Å². The Morgan fingerprint density at radius 2 is 1.40 bits per heavy atom. The molecule has 1 N–H and O–H groups in total. The number of nitrogens with one attached hydrogen (secondary N) is 1. The quantitative estimate of drug-likeness (QED) is 0.142. The maximum absolute atomic E-state index is 14.6. The number of nitrogens with zero attached hydrogens (tertiary/aromatic N) is 3. The minimum Gasteiger partial charge on any atom is -0.352 e. The van der Waals surface area contributed by atoms with Crippen LogP contribution in [0.2, 0.25) is 0 Å². The van der Waals surface area contributed by atoms with Gasteiger partial charge in [0.05, 0.1) is 15.5 Å². The number of hydrogen-bond donors (Lipinski definition) is 1. The molecule has 0 bridgehead atoms. The van der Waals surface area contributed by atoms with Crippen LogP contribution in [-0.4, -0.2) is 48.7 Å². The van der Waals surface area contributed by atoms with Crippen LogP contribution >= 0.6 is 0 Å². The van der Waals surface area contributed by atoms with E-state index in [1.54, 1.807) is 18.2 Å². The minimum atomic E-state index is -4.36. The molecule has 0 aromatic heterocycles. The summed E-state index contributed by atoms with van der Waals surface area (Å²) >= 11 is 0. The van der Waals surface area contributed by atoms with Gasteiger partial charge in [-0.2, -0.15) is 0 Å². The summed E-state index contributed by atoms with van der Waals surface area (Å²) in [4.78, 5) is 41.1. The molecule has 11 heteroatoms. The third-order valence-electron chi connectivity index (χ3n) is 8.36. The van der Waals surface area contributed by atoms with Crippen molar-refractivity contribution in [2.24, 2.45) is 0 Å². The van der Waals surface area contributed by atoms with Crippen LogP contribution in [0.4, 0.5) is 11.4 Å². The largest absolute Gasteiger partial charge is 0.352 e. The number of nitro benzene ring substituents is 1. The van der Waals surface area contributed by atoms with Crippen molar-refractivity contribution >= 4 is 33.2 Å². The number of carbonyl (C=O) groups is 2. The number of rotatable bonds is 13. The second-order valence-corrected chi connectivity index (χ2v) is 13.5. The van der Waals surface area contributed by atoms with Gasteiger partial charge in [-0.3, -0.25) is 24.0 Å². The van der Waals surface area contributed by atoms with Crippen molar-refractivity contribution in [3.05, 3.63) is 137 Å². The van der Waals surface area contributed by atoms with Crippen LogP contribution in [0.15, 0.2) is 120 Å². The number of anilines is 1. The zero-order valence-corrected chi connectivity index (χ0v) is 26.8. The maximum Gasteiger partial charge on any atom is 0.271 e. The molecule has 0 heterocycles. The predicted octanol–water partition coefficient (Wildman–Crippen LogP) is 5.88. The van der Waals surface area contributed by atoms with Gasteiger partial charge in [0, 0.05) is 31.1 Å². The van der Waals surface area contributed by atoms with Crippen LogP contribution in [0.3, 0.4) is 0 Å². The van der Waals surface area contributed by atoms with E-state index >= 15 is 0 Å². The minimum absolute atomic E-state index is 0.0111. The molecule has 0 spiro atoms. The van der Waals surface area contributed by atoms with E-state index < -0.39 is 33.4 Å². The zero-order chi connectivity index (χ0) is 33.2. The molecular weight excluding hydrogens is 616 g/mol. The molecular formula is C36H38N4O6S. The lowest BCUT2D eigenvalue weighted by Gasteiger charge is -2.35. The van der Waals surface area contributed by atoms with E-state index in [1.165, 1.54) is 35.2 Å². The number of non-ortho nitro benzene ring substituents is 1. The van der Waals surface area contributed by atoms with E-state index in [1.807, 2.05) is 60.7 Å². The molecule has 1 aliphatic rings. The standard InChI is InChI=1S/C36H38N4O6S/c41-35(27-39(31-20-13-21-32(25-31)40(43)44)47(45,46)33-22-11-4-12-23-33)38(26-29-16-7-2-8-17-29)34(24-28-14-5-1-6-15-28)36(42)37-30-18-9-3-10-19-30/h1-2,4-8,11-17,20-23,25,30,34H,3,9-10,18-19,24,26-27H2,(H,37,42)/t34-/m0/s1. The Morgan fingerprint density at radius 1 is 0.809 bits per heavy atom. The van der Waals surface area contributed by atoms with E-state index in [0.717, 1.165) is 53.6 Å². The number of hydrogen-bond acceptors (Lipinski definition) is 6. The topological polar surface area (TPSA) is 130 Å². The smallest absolute Gasteiger partial charge is 0.271 e. The molecule has 5 rings (SSSR count). The molecule has 0 aliphatic heterocycles. The first-order valence-electron chi connectivity index (χ1n) is 15.7. The molecule has 1 aliphatic carbocycles. The monoisotopic (exact) mass is 654 g/mol. The average Bonchev–Trinajstić information content (AvgIpc) is 3.10. The molecule has 47 heavy (non-hydrogen) atoms. The molecule has 0 unspecified atom stereocenters. The summed E-state index contributed by atoms with van der Waals surface area (Å²) in [6.45, 7) is -0.642. The van der Waals surface area contributed by atoms with Gasteiger partial charge < -0.3 is 10.2 Å². The molecule has 4 aromatic carbocycles. The van der Waals surface area contributed by atoms with Gasteiger partial charge in [0.25, 0.3) is 15.7 Å². The summed E-state index contributed by atoms with van der Waals surface area (Å²) in [5.41, 5.74) is 1.24. The Kier molecular flexibility index (Phi) is 11.0. The van der Waals surface area contributed by atoms with Crippen molar-refractivity contribution < 1.29 is 22.9 Å². The molecule has 244 valence electrons. The van der Waals surface area contributed by atoms with Gasteiger partial charge in [0.15, 0.2) is 0 Å². The Balaban J connectivity index is 1.57. The summed E-state index contributed by atoms with van der Waals surface area (Å²) in [5, 5.41) is 14.8. The van der Waals surface area contributed by atoms with Crippen molar-refractivity contribution in [3.63, 3.8) is 0 Å². The third-order valence-corrected chi connectivity index (χ3v) is 10.1. The first-order chi connectivity index (χ1) is 22.7. The highest BCUT2D eigenvalue weighted by atomic mass is 32.2. The lowest BCUT2D eigenvalue weighted by Crippen LogP contribution is -2.55. The number of amides is 2. The summed E-state index contributed by atoms with van der Waals surface area (Å²) in [7, 11) is -4.36. The Bertz CT molecular complexity index is 1770. The Hall–Kier alpha value is -5.03. The van der Waals surface area contributed by atoms with Crippen molar-refractivity contribution in [2.45, 2.75) is 62.0 Å². The fourth-order valence-corrected chi connectivity index (χ4v) is 7.32. The van der Waals surface area contributed by atoms with Crippen molar-refractivity contribution in [3.8, 4) is 0 Å². The number of benzene rings is 4. The second-order valence-electron chi connectivity index (χ2n) is 11.7. The molecule has 10 nitrogen and oxygen atoms in total. The summed E-state index contributed by atoms with van der Waals surface area (Å²) in [6.07, 6.45) is 5.05. The molecule has 1 saturated carbocycles. The summed E-state index contributed by atoms with van der Waals surface area (Å²) in [6, 6.07) is 30.4. The number of nitro groups is 1. The van der Waals surface area contributed by atoms with Crippen LogP contribution in [0.25, 0.3) is 0 Å². The Morgan fingerprint density at radius 3 is 2.02 bits per heavy atom. The SMILES string of the molecule is O=C(NC1CCCCC1)[C@H](Cc1ccccc1)N(Cc1ccccc1)C(=O)CN(c1cccc([N+](=O)[O-])c1)S(=O)(=O)c1ccccc1. The van der Waals surface area contributed by atoms with Gasteiger partial charge >= 0.3 is 0 Å². The molecule has 1 atom stereocenters. The van der Waals surface area contributed by atoms with Crippen molar-refractivity contribution in [1.29, 1.82) is 0 Å². The van der Waals surface area contributed by atoms with Gasteiger partial charge in [-0.15, -0.1) is 0 Å². The highest BCUT2D eigenvalue weighted by molar-refractivity contribution is 7.92. The lowest BCUT2D eigenvalue weighted by molar-refractivity contribution is -0.384. The third kappa shape index (κ3) is 8.62. The summed E-state index contributed by atoms with van der Waals surface area (Å²) in [5.74, 6) is -0.933. The summed E-state index contributed by atoms with van der Waals surface area (Å²) < 4.78 is 29.1. The average molecular weight is 655 g/mol. The molecule has 0 saturated heterocycles. The van der Waals surface area contributed by atoms with E-state index in [9.17, 15) is 28.1 Å².